The molecule has 0 bridgehead atoms. The average molecular weight is 340 g/mol. The minimum Gasteiger partial charge on any atom is -0.344 e. The van der Waals surface area contributed by atoms with Crippen molar-refractivity contribution in [2.75, 3.05) is 6.54 Å². The largest absolute Gasteiger partial charge is 0.344 e. The van der Waals surface area contributed by atoms with Crippen LogP contribution in [0.2, 0.25) is 0 Å². The Morgan fingerprint density at radius 1 is 1.12 bits per heavy atom. The number of nitrogens with one attached hydrogen (secondary N) is 2. The van der Waals surface area contributed by atoms with E-state index in [-0.39, 0.29) is 18.2 Å². The molecule has 0 aliphatic rings. The zero-order chi connectivity index (χ0) is 18.4. The first kappa shape index (κ1) is 18.8. The third-order valence-corrected chi connectivity index (χ3v) is 4.14. The van der Waals surface area contributed by atoms with Gasteiger partial charge in [0, 0.05) is 6.92 Å². The van der Waals surface area contributed by atoms with Crippen molar-refractivity contribution in [1.29, 1.82) is 0 Å². The molecule has 2 aromatic carbocycles. The van der Waals surface area contributed by atoms with Gasteiger partial charge in [0.05, 0.1) is 18.1 Å². The second-order valence-electron chi connectivity index (χ2n) is 6.74. The molecule has 0 aliphatic carbocycles. The number of amides is 1. The fourth-order valence-electron chi connectivity index (χ4n) is 2.74. The van der Waals surface area contributed by atoms with Gasteiger partial charge in [0.1, 0.15) is 6.29 Å². The Bertz CT molecular complexity index is 783. The van der Waals surface area contributed by atoms with Crippen LogP contribution >= 0.6 is 0 Å². The number of rotatable bonds is 8. The van der Waals surface area contributed by atoms with Crippen LogP contribution in [0, 0.1) is 0 Å². The van der Waals surface area contributed by atoms with Crippen LogP contribution in [0.4, 0.5) is 0 Å². The van der Waals surface area contributed by atoms with Gasteiger partial charge < -0.3 is 15.4 Å². The molecule has 132 valence electrons. The summed E-state index contributed by atoms with van der Waals surface area (Å²) in [5.74, 6) is -0.436. The van der Waals surface area contributed by atoms with Crippen molar-refractivity contribution in [1.82, 2.24) is 10.6 Å². The highest BCUT2D eigenvalue weighted by Gasteiger charge is 2.28. The van der Waals surface area contributed by atoms with Crippen molar-refractivity contribution >= 4 is 28.7 Å². The number of ketones is 1. The molecule has 1 atom stereocenters. The second kappa shape index (κ2) is 8.03. The molecule has 0 aromatic heterocycles. The molecule has 0 aliphatic heterocycles. The number of carbonyl (C=O) groups excluding carboxylic acids is 3. The molecule has 0 saturated heterocycles. The van der Waals surface area contributed by atoms with Gasteiger partial charge in [-0.25, -0.2) is 0 Å². The number of Topliss-reactive ketones (excluding diaryl/α,β-unsaturated/α-hetero) is 1. The molecular weight excluding hydrogens is 316 g/mol. The molecule has 0 heterocycles. The Morgan fingerprint density at radius 3 is 2.44 bits per heavy atom. The summed E-state index contributed by atoms with van der Waals surface area (Å²) in [6.45, 7) is 4.69. The van der Waals surface area contributed by atoms with E-state index in [2.05, 4.69) is 16.7 Å². The smallest absolute Gasteiger partial charge is 0.217 e. The van der Waals surface area contributed by atoms with Gasteiger partial charge in [-0.15, -0.1) is 0 Å². The highest BCUT2D eigenvalue weighted by atomic mass is 16.2. The molecule has 0 spiro atoms. The van der Waals surface area contributed by atoms with Crippen LogP contribution in [0.3, 0.4) is 0 Å². The third-order valence-electron chi connectivity index (χ3n) is 4.14. The average Bonchev–Trinajstić information content (AvgIpc) is 2.56. The molecule has 2 rings (SSSR count). The zero-order valence-electron chi connectivity index (χ0n) is 14.8. The van der Waals surface area contributed by atoms with Crippen LogP contribution in [0.1, 0.15) is 26.3 Å². The van der Waals surface area contributed by atoms with E-state index in [4.69, 9.17) is 0 Å². The van der Waals surface area contributed by atoms with E-state index in [1.807, 2.05) is 36.4 Å². The van der Waals surface area contributed by atoms with Crippen LogP contribution < -0.4 is 10.6 Å². The van der Waals surface area contributed by atoms with Crippen LogP contribution in [0.25, 0.3) is 10.8 Å². The normalized spacial score (nSPS) is 12.6. The quantitative estimate of drug-likeness (QED) is 0.721. The maximum Gasteiger partial charge on any atom is 0.217 e. The number of aldehydes is 1. The fourth-order valence-corrected chi connectivity index (χ4v) is 2.74. The van der Waals surface area contributed by atoms with Gasteiger partial charge in [0.25, 0.3) is 0 Å². The third kappa shape index (κ3) is 5.22. The summed E-state index contributed by atoms with van der Waals surface area (Å²) in [6, 6.07) is 13.6. The molecule has 2 aromatic rings. The monoisotopic (exact) mass is 340 g/mol. The Balaban J connectivity index is 1.98. The van der Waals surface area contributed by atoms with Crippen molar-refractivity contribution in [3.63, 3.8) is 0 Å². The minimum absolute atomic E-state index is 0.0181. The summed E-state index contributed by atoms with van der Waals surface area (Å²) in [6.07, 6.45) is 1.32. The summed E-state index contributed by atoms with van der Waals surface area (Å²) >= 11 is 0. The van der Waals surface area contributed by atoms with Crippen molar-refractivity contribution < 1.29 is 14.4 Å². The van der Waals surface area contributed by atoms with Crippen molar-refractivity contribution in [3.8, 4) is 0 Å². The number of hydrogen-bond donors (Lipinski definition) is 2. The Labute approximate surface area is 147 Å². The lowest BCUT2D eigenvalue weighted by Crippen LogP contribution is -2.53. The molecule has 5 heteroatoms. The topological polar surface area (TPSA) is 75.3 Å². The predicted octanol–water partition coefficient (Wildman–Crippen LogP) is 2.02. The Morgan fingerprint density at radius 2 is 1.80 bits per heavy atom. The number of hydrogen-bond acceptors (Lipinski definition) is 4. The summed E-state index contributed by atoms with van der Waals surface area (Å²) in [7, 11) is 0. The van der Waals surface area contributed by atoms with E-state index in [0.717, 1.165) is 22.6 Å². The van der Waals surface area contributed by atoms with Gasteiger partial charge in [0.15, 0.2) is 5.78 Å². The summed E-state index contributed by atoms with van der Waals surface area (Å²) in [5.41, 5.74) is 0.0618. The van der Waals surface area contributed by atoms with Gasteiger partial charge in [-0.05, 0) is 36.6 Å². The summed E-state index contributed by atoms with van der Waals surface area (Å²) < 4.78 is 0. The molecule has 5 nitrogen and oxygen atoms in total. The first-order valence-electron chi connectivity index (χ1n) is 8.30. The highest BCUT2D eigenvalue weighted by Crippen LogP contribution is 2.16. The number of benzene rings is 2. The maximum absolute atomic E-state index is 12.3. The van der Waals surface area contributed by atoms with Crippen LogP contribution in [-0.2, 0) is 20.8 Å². The molecule has 1 amide bonds. The molecule has 2 N–H and O–H groups in total. The van der Waals surface area contributed by atoms with Gasteiger partial charge in [-0.1, -0.05) is 42.5 Å². The van der Waals surface area contributed by atoms with Crippen molar-refractivity contribution in [2.24, 2.45) is 0 Å². The van der Waals surface area contributed by atoms with Crippen LogP contribution in [0.5, 0.6) is 0 Å². The highest BCUT2D eigenvalue weighted by molar-refractivity contribution is 5.93. The minimum atomic E-state index is -0.963. The van der Waals surface area contributed by atoms with E-state index in [1.165, 1.54) is 6.92 Å². The molecule has 25 heavy (non-hydrogen) atoms. The van der Waals surface area contributed by atoms with Crippen LogP contribution in [-0.4, -0.2) is 36.1 Å². The van der Waals surface area contributed by atoms with Crippen LogP contribution in [0.15, 0.2) is 42.5 Å². The lowest BCUT2D eigenvalue weighted by molar-refractivity contribution is -0.129. The van der Waals surface area contributed by atoms with Gasteiger partial charge >= 0.3 is 0 Å². The summed E-state index contributed by atoms with van der Waals surface area (Å²) in [4.78, 5) is 34.8. The number of carbonyl (C=O) groups is 3. The second-order valence-corrected chi connectivity index (χ2v) is 6.74. The van der Waals surface area contributed by atoms with Gasteiger partial charge in [0.2, 0.25) is 5.91 Å². The summed E-state index contributed by atoms with van der Waals surface area (Å²) in [5, 5.41) is 7.86. The Kier molecular flexibility index (Phi) is 6.04. The molecule has 0 saturated carbocycles. The van der Waals surface area contributed by atoms with Crippen molar-refractivity contribution in [2.45, 2.75) is 38.8 Å². The molecule has 0 unspecified atom stereocenters. The standard InChI is InChI=1S/C20H24N2O3/c1-14(24)22-20(2,3)19(25)12-21-18(13-23)11-15-8-9-16-6-4-5-7-17(16)10-15/h4-10,13,18,21H,11-12H2,1-3H3,(H,22,24)/t18-/m0/s1. The predicted molar refractivity (Wildman–Crippen MR) is 98.4 cm³/mol. The molecular formula is C20H24N2O3. The lowest BCUT2D eigenvalue weighted by atomic mass is 9.98. The lowest BCUT2D eigenvalue weighted by Gasteiger charge is -2.25. The van der Waals surface area contributed by atoms with E-state index >= 15 is 0 Å². The van der Waals surface area contributed by atoms with Crippen molar-refractivity contribution in [3.05, 3.63) is 48.0 Å². The Hall–Kier alpha value is -2.53. The first-order valence-corrected chi connectivity index (χ1v) is 8.30. The van der Waals surface area contributed by atoms with Gasteiger partial charge in [-0.2, -0.15) is 0 Å². The van der Waals surface area contributed by atoms with E-state index in [1.54, 1.807) is 13.8 Å². The number of fused-ring (bicyclic) bond motifs is 1. The zero-order valence-corrected chi connectivity index (χ0v) is 14.8. The fraction of sp³-hybridized carbons (Fsp3) is 0.350. The molecule has 0 radical (unpaired) electrons. The van der Waals surface area contributed by atoms with E-state index in [9.17, 15) is 14.4 Å². The first-order chi connectivity index (χ1) is 11.8. The molecule has 0 fully saturated rings. The SMILES string of the molecule is CC(=O)NC(C)(C)C(=O)CN[C@H](C=O)Cc1ccc2ccccc2c1. The maximum atomic E-state index is 12.3. The van der Waals surface area contributed by atoms with E-state index < -0.39 is 11.6 Å². The van der Waals surface area contributed by atoms with Gasteiger partial charge in [-0.3, -0.25) is 9.59 Å². The van der Waals surface area contributed by atoms with E-state index in [0.29, 0.717) is 6.42 Å².